The summed E-state index contributed by atoms with van der Waals surface area (Å²) in [4.78, 5) is 29.9. The Balaban J connectivity index is 1.45. The fourth-order valence-electron chi connectivity index (χ4n) is 4.15. The van der Waals surface area contributed by atoms with Crippen LogP contribution in [0.5, 0.6) is 0 Å². The second-order valence-electron chi connectivity index (χ2n) is 9.18. The van der Waals surface area contributed by atoms with Crippen LogP contribution >= 0.6 is 0 Å². The smallest absolute Gasteiger partial charge is 0.237 e. The van der Waals surface area contributed by atoms with E-state index in [4.69, 9.17) is 0 Å². The monoisotopic (exact) mass is 450 g/mol. The molecule has 2 N–H and O–H groups in total. The van der Waals surface area contributed by atoms with Gasteiger partial charge in [0.1, 0.15) is 0 Å². The lowest BCUT2D eigenvalue weighted by atomic mass is 10.1. The number of carbonyl (C=O) groups excluding carboxylic acids is 2. The highest BCUT2D eigenvalue weighted by atomic mass is 16.2. The minimum absolute atomic E-state index is 0.0490. The predicted molar refractivity (Wildman–Crippen MR) is 133 cm³/mol. The van der Waals surface area contributed by atoms with Crippen molar-refractivity contribution in [1.82, 2.24) is 20.4 Å². The van der Waals surface area contributed by atoms with Crippen molar-refractivity contribution in [3.63, 3.8) is 0 Å². The van der Waals surface area contributed by atoms with Crippen LogP contribution < -0.4 is 10.6 Å². The fraction of sp³-hybridized carbons (Fsp3) is 0.481. The van der Waals surface area contributed by atoms with Gasteiger partial charge in [-0.25, -0.2) is 0 Å². The Bertz CT molecular complexity index is 835. The molecule has 2 amide bonds. The molecule has 6 nitrogen and oxygen atoms in total. The summed E-state index contributed by atoms with van der Waals surface area (Å²) < 4.78 is 0. The van der Waals surface area contributed by atoms with E-state index in [-0.39, 0.29) is 23.9 Å². The molecule has 1 fully saturated rings. The van der Waals surface area contributed by atoms with E-state index in [0.29, 0.717) is 13.1 Å². The van der Waals surface area contributed by atoms with E-state index in [9.17, 15) is 9.59 Å². The van der Waals surface area contributed by atoms with Gasteiger partial charge >= 0.3 is 0 Å². The van der Waals surface area contributed by atoms with Crippen LogP contribution in [0.1, 0.15) is 42.5 Å². The summed E-state index contributed by atoms with van der Waals surface area (Å²) in [5.74, 6) is 0.0980. The molecule has 0 bridgehead atoms. The van der Waals surface area contributed by atoms with Crippen molar-refractivity contribution in [2.45, 2.75) is 59.3 Å². The molecule has 0 aliphatic carbocycles. The molecule has 1 aliphatic rings. The molecular formula is C27H38N4O2. The van der Waals surface area contributed by atoms with Crippen molar-refractivity contribution in [3.05, 3.63) is 70.8 Å². The standard InChI is InChI=1S/C27H38N4O2/c1-20-6-10-24(11-7-20)18-28-26(32)22(3)30-14-5-15-31(17-16-30)23(4)27(33)29-19-25-12-8-21(2)9-13-25/h6-13,22-23H,5,14-19H2,1-4H3,(H,28,32)(H,29,33)/t22-,23-/m1/s1. The first-order chi connectivity index (χ1) is 15.8. The van der Waals surface area contributed by atoms with Crippen LogP contribution in [-0.4, -0.2) is 59.9 Å². The van der Waals surface area contributed by atoms with Crippen LogP contribution in [0.2, 0.25) is 0 Å². The number of hydrogen-bond acceptors (Lipinski definition) is 4. The van der Waals surface area contributed by atoms with Gasteiger partial charge in [-0.1, -0.05) is 59.7 Å². The zero-order valence-electron chi connectivity index (χ0n) is 20.4. The summed E-state index contributed by atoms with van der Waals surface area (Å²) in [7, 11) is 0. The molecular weight excluding hydrogens is 412 g/mol. The van der Waals surface area contributed by atoms with Crippen molar-refractivity contribution < 1.29 is 9.59 Å². The van der Waals surface area contributed by atoms with Crippen molar-refractivity contribution in [2.75, 3.05) is 26.2 Å². The van der Waals surface area contributed by atoms with Crippen LogP contribution in [0.4, 0.5) is 0 Å². The quantitative estimate of drug-likeness (QED) is 0.649. The topological polar surface area (TPSA) is 64.7 Å². The minimum Gasteiger partial charge on any atom is -0.351 e. The third-order valence-electron chi connectivity index (χ3n) is 6.59. The van der Waals surface area contributed by atoms with Gasteiger partial charge in [0.2, 0.25) is 11.8 Å². The van der Waals surface area contributed by atoms with E-state index in [2.05, 4.69) is 82.8 Å². The van der Waals surface area contributed by atoms with Crippen molar-refractivity contribution in [1.29, 1.82) is 0 Å². The molecule has 2 aromatic carbocycles. The van der Waals surface area contributed by atoms with Crippen LogP contribution in [0.3, 0.4) is 0 Å². The Labute approximate surface area is 198 Å². The molecule has 3 rings (SSSR count). The Kier molecular flexibility index (Phi) is 9.03. The average molecular weight is 451 g/mol. The summed E-state index contributed by atoms with van der Waals surface area (Å²) in [6.45, 7) is 12.4. The van der Waals surface area contributed by atoms with E-state index in [1.165, 1.54) is 11.1 Å². The zero-order chi connectivity index (χ0) is 23.8. The zero-order valence-corrected chi connectivity index (χ0v) is 20.4. The highest BCUT2D eigenvalue weighted by Crippen LogP contribution is 2.11. The highest BCUT2D eigenvalue weighted by Gasteiger charge is 2.27. The molecule has 1 saturated heterocycles. The molecule has 0 radical (unpaired) electrons. The van der Waals surface area contributed by atoms with Gasteiger partial charge in [-0.3, -0.25) is 19.4 Å². The second-order valence-corrected chi connectivity index (χ2v) is 9.18. The van der Waals surface area contributed by atoms with E-state index in [0.717, 1.165) is 43.7 Å². The maximum Gasteiger partial charge on any atom is 0.237 e. The van der Waals surface area contributed by atoms with Gasteiger partial charge in [-0.05, 0) is 45.2 Å². The molecule has 178 valence electrons. The Hall–Kier alpha value is -2.70. The van der Waals surface area contributed by atoms with Gasteiger partial charge in [0.05, 0.1) is 12.1 Å². The number of benzene rings is 2. The third kappa shape index (κ3) is 7.41. The summed E-state index contributed by atoms with van der Waals surface area (Å²) in [5.41, 5.74) is 4.64. The third-order valence-corrected chi connectivity index (χ3v) is 6.59. The summed E-state index contributed by atoms with van der Waals surface area (Å²) >= 11 is 0. The number of amides is 2. The van der Waals surface area contributed by atoms with Crippen molar-refractivity contribution in [2.24, 2.45) is 0 Å². The molecule has 1 aliphatic heterocycles. The van der Waals surface area contributed by atoms with Gasteiger partial charge in [0.25, 0.3) is 0 Å². The Morgan fingerprint density at radius 3 is 1.42 bits per heavy atom. The molecule has 2 aromatic rings. The molecule has 6 heteroatoms. The Morgan fingerprint density at radius 1 is 0.697 bits per heavy atom. The lowest BCUT2D eigenvalue weighted by Gasteiger charge is -2.28. The van der Waals surface area contributed by atoms with Crippen LogP contribution in [0.15, 0.2) is 48.5 Å². The first-order valence-electron chi connectivity index (χ1n) is 12.0. The molecule has 2 atom stereocenters. The maximum absolute atomic E-state index is 12.7. The summed E-state index contributed by atoms with van der Waals surface area (Å²) in [6, 6.07) is 16.1. The average Bonchev–Trinajstić information content (AvgIpc) is 3.08. The Morgan fingerprint density at radius 2 is 1.06 bits per heavy atom. The largest absolute Gasteiger partial charge is 0.351 e. The van der Waals surface area contributed by atoms with Crippen LogP contribution in [0, 0.1) is 13.8 Å². The number of nitrogens with one attached hydrogen (secondary N) is 2. The second kappa shape index (κ2) is 12.0. The highest BCUT2D eigenvalue weighted by molar-refractivity contribution is 5.81. The SMILES string of the molecule is Cc1ccc(CNC(=O)[C@@H](C)N2CCCN([C@H](C)C(=O)NCc3ccc(C)cc3)CC2)cc1. The van der Waals surface area contributed by atoms with E-state index >= 15 is 0 Å². The van der Waals surface area contributed by atoms with Crippen LogP contribution in [-0.2, 0) is 22.7 Å². The number of carbonyl (C=O) groups is 2. The van der Waals surface area contributed by atoms with Gasteiger partial charge in [0.15, 0.2) is 0 Å². The van der Waals surface area contributed by atoms with E-state index < -0.39 is 0 Å². The van der Waals surface area contributed by atoms with Crippen LogP contribution in [0.25, 0.3) is 0 Å². The van der Waals surface area contributed by atoms with Gasteiger partial charge in [-0.2, -0.15) is 0 Å². The maximum atomic E-state index is 12.7. The lowest BCUT2D eigenvalue weighted by Crippen LogP contribution is -2.48. The number of aryl methyl sites for hydroxylation is 2. The first-order valence-corrected chi connectivity index (χ1v) is 12.0. The molecule has 0 saturated carbocycles. The number of rotatable bonds is 8. The molecule has 0 unspecified atom stereocenters. The number of nitrogens with zero attached hydrogens (tertiary/aromatic N) is 2. The summed E-state index contributed by atoms with van der Waals surface area (Å²) in [5, 5.41) is 6.13. The van der Waals surface area contributed by atoms with Gasteiger partial charge in [0, 0.05) is 39.3 Å². The predicted octanol–water partition coefficient (Wildman–Crippen LogP) is 3.02. The van der Waals surface area contributed by atoms with E-state index in [1.54, 1.807) is 0 Å². The first kappa shape index (κ1) is 24.9. The summed E-state index contributed by atoms with van der Waals surface area (Å²) in [6.07, 6.45) is 0.936. The lowest BCUT2D eigenvalue weighted by molar-refractivity contribution is -0.127. The fourth-order valence-corrected chi connectivity index (χ4v) is 4.15. The number of hydrogen-bond donors (Lipinski definition) is 2. The van der Waals surface area contributed by atoms with Gasteiger partial charge < -0.3 is 10.6 Å². The molecule has 0 spiro atoms. The minimum atomic E-state index is -0.193. The van der Waals surface area contributed by atoms with Gasteiger partial charge in [-0.15, -0.1) is 0 Å². The molecule has 1 heterocycles. The van der Waals surface area contributed by atoms with Crippen molar-refractivity contribution in [3.8, 4) is 0 Å². The molecule has 0 aromatic heterocycles. The van der Waals surface area contributed by atoms with Crippen molar-refractivity contribution >= 4 is 11.8 Å². The normalized spacial score (nSPS) is 17.1. The van der Waals surface area contributed by atoms with E-state index in [1.807, 2.05) is 13.8 Å². The molecule has 33 heavy (non-hydrogen) atoms.